The predicted octanol–water partition coefficient (Wildman–Crippen LogP) is 2.22. The van der Waals surface area contributed by atoms with Crippen LogP contribution in [0.2, 0.25) is 0 Å². The zero-order valence-corrected chi connectivity index (χ0v) is 17.4. The Morgan fingerprint density at radius 2 is 2.00 bits per heavy atom. The van der Waals surface area contributed by atoms with Gasteiger partial charge in [0.15, 0.2) is 0 Å². The van der Waals surface area contributed by atoms with E-state index in [-0.39, 0.29) is 6.04 Å². The molecule has 1 fully saturated rings. The van der Waals surface area contributed by atoms with Gasteiger partial charge >= 0.3 is 119 Å². The van der Waals surface area contributed by atoms with Gasteiger partial charge < -0.3 is 0 Å². The Labute approximate surface area is 133 Å². The van der Waals surface area contributed by atoms with E-state index in [4.69, 9.17) is 7.42 Å². The third kappa shape index (κ3) is 5.95. The number of ether oxygens (including phenoxy) is 1. The molecule has 6 heteroatoms. The van der Waals surface area contributed by atoms with Crippen molar-refractivity contribution in [3.05, 3.63) is 0 Å². The Morgan fingerprint density at radius 1 is 1.47 bits per heavy atom. The third-order valence-electron chi connectivity index (χ3n) is 2.71. The van der Waals surface area contributed by atoms with Crippen LogP contribution < -0.4 is 0 Å². The molecule has 1 saturated heterocycles. The van der Waals surface area contributed by atoms with Gasteiger partial charge in [-0.2, -0.15) is 0 Å². The maximum absolute atomic E-state index is 12.1. The second-order valence-corrected chi connectivity index (χ2v) is 6.89. The predicted molar refractivity (Wildman–Crippen MR) is 74.8 cm³/mol. The number of likely N-dealkylation sites (tertiary alicyclic amines) is 1. The van der Waals surface area contributed by atoms with Crippen LogP contribution in [0.3, 0.4) is 0 Å². The summed E-state index contributed by atoms with van der Waals surface area (Å²) < 4.78 is 10.6. The molecule has 1 amide bonds. The summed E-state index contributed by atoms with van der Waals surface area (Å²) in [5.41, 5.74) is -1.68. The SMILES string of the molecule is CC.CC(C)(C)OC(=O)N1[C@H](C[O][Tl])CCC1(C)O. The fourth-order valence-corrected chi connectivity index (χ4v) is 2.87. The second-order valence-electron chi connectivity index (χ2n) is 5.59. The molecule has 19 heavy (non-hydrogen) atoms. The first-order valence-electron chi connectivity index (χ1n) is 6.74. The third-order valence-corrected chi connectivity index (χ3v) is 3.46. The second kappa shape index (κ2) is 7.78. The fraction of sp³-hybridized carbons (Fsp3) is 0.923. The van der Waals surface area contributed by atoms with Crippen LogP contribution in [0.15, 0.2) is 0 Å². The van der Waals surface area contributed by atoms with Crippen molar-refractivity contribution in [1.29, 1.82) is 0 Å². The molecule has 2 atom stereocenters. The van der Waals surface area contributed by atoms with Gasteiger partial charge in [0.1, 0.15) is 0 Å². The molecule has 0 radical (unpaired) electrons. The van der Waals surface area contributed by atoms with E-state index in [0.717, 1.165) is 6.42 Å². The first-order chi connectivity index (χ1) is 8.67. The zero-order chi connectivity index (χ0) is 15.3. The molecule has 0 aliphatic carbocycles. The first kappa shape index (κ1) is 19.1. The molecule has 0 saturated carbocycles. The van der Waals surface area contributed by atoms with Gasteiger partial charge in [0.25, 0.3) is 0 Å². The van der Waals surface area contributed by atoms with Crippen molar-refractivity contribution in [2.45, 2.75) is 71.8 Å². The first-order valence-corrected chi connectivity index (χ1v) is 8.57. The summed E-state index contributed by atoms with van der Waals surface area (Å²) in [5.74, 6) is 0. The van der Waals surface area contributed by atoms with Crippen molar-refractivity contribution in [3.63, 3.8) is 0 Å². The van der Waals surface area contributed by atoms with Crippen LogP contribution in [0, 0.1) is 0 Å². The average Bonchev–Trinajstić information content (AvgIpc) is 2.55. The van der Waals surface area contributed by atoms with Crippen LogP contribution in [0.4, 0.5) is 4.79 Å². The number of carbonyl (C=O) groups excluding carboxylic acids is 1. The summed E-state index contributed by atoms with van der Waals surface area (Å²) in [6, 6.07) is -0.0788. The Morgan fingerprint density at radius 3 is 2.42 bits per heavy atom. The van der Waals surface area contributed by atoms with Crippen molar-refractivity contribution < 1.29 is 17.3 Å². The van der Waals surface area contributed by atoms with E-state index in [9.17, 15) is 9.90 Å². The van der Waals surface area contributed by atoms with Crippen LogP contribution in [0.5, 0.6) is 0 Å². The molecule has 1 rings (SSSR count). The number of hydrogen-bond acceptors (Lipinski definition) is 4. The standard InChI is InChI=1S/C11H20NO4.C2H6.Tl/c1-10(2,3)16-9(14)12-8(7-13)5-6-11(12,4)15;1-2;/h8,15H,5-7H2,1-4H3;1-2H3;/q-1;;+1/t8-,11?;;/m0../s1. The molecule has 0 spiro atoms. The van der Waals surface area contributed by atoms with E-state index >= 15 is 0 Å². The molecule has 0 aromatic carbocycles. The minimum atomic E-state index is -1.13. The average molecular weight is 465 g/mol. The maximum atomic E-state index is 12.1. The summed E-state index contributed by atoms with van der Waals surface area (Å²) >= 11 is 0.436. The summed E-state index contributed by atoms with van der Waals surface area (Å²) in [5, 5.41) is 10.2. The quantitative estimate of drug-likeness (QED) is 0.637. The van der Waals surface area contributed by atoms with E-state index in [1.165, 1.54) is 4.90 Å². The van der Waals surface area contributed by atoms with Crippen molar-refractivity contribution in [2.75, 3.05) is 6.61 Å². The molecule has 1 aliphatic heterocycles. The van der Waals surface area contributed by atoms with E-state index in [2.05, 4.69) is 0 Å². The number of rotatable bonds is 2. The summed E-state index contributed by atoms with van der Waals surface area (Å²) in [6.45, 7) is 11.6. The van der Waals surface area contributed by atoms with Crippen molar-refractivity contribution in [1.82, 2.24) is 4.90 Å². The molecular weight excluding hydrogens is 439 g/mol. The topological polar surface area (TPSA) is 59.0 Å². The van der Waals surface area contributed by atoms with E-state index in [1.54, 1.807) is 6.92 Å². The molecular formula is C13H26NO4Tl. The van der Waals surface area contributed by atoms with E-state index < -0.39 is 17.4 Å². The van der Waals surface area contributed by atoms with Gasteiger partial charge in [-0.05, 0) is 0 Å². The normalized spacial score (nSPS) is 26.6. The van der Waals surface area contributed by atoms with E-state index in [1.807, 2.05) is 34.6 Å². The molecule has 1 heterocycles. The number of carbonyl (C=O) groups is 1. The Bertz CT molecular complexity index is 289. The number of aliphatic hydroxyl groups is 1. The van der Waals surface area contributed by atoms with Crippen molar-refractivity contribution in [3.8, 4) is 0 Å². The van der Waals surface area contributed by atoms with Crippen molar-refractivity contribution >= 4 is 32.3 Å². The Kier molecular flexibility index (Phi) is 7.82. The van der Waals surface area contributed by atoms with E-state index in [0.29, 0.717) is 39.2 Å². The van der Waals surface area contributed by atoms with Gasteiger partial charge in [0.05, 0.1) is 0 Å². The van der Waals surface area contributed by atoms with Crippen LogP contribution in [0.25, 0.3) is 0 Å². The van der Waals surface area contributed by atoms with Crippen LogP contribution in [-0.2, 0) is 7.42 Å². The number of hydrogen-bond donors (Lipinski definition) is 1. The molecule has 1 aliphatic rings. The van der Waals surface area contributed by atoms with Gasteiger partial charge in [0, 0.05) is 0 Å². The van der Waals surface area contributed by atoms with Crippen LogP contribution >= 0.6 is 0 Å². The summed E-state index contributed by atoms with van der Waals surface area (Å²) in [7, 11) is 0. The Hall–Kier alpha value is 0.112. The van der Waals surface area contributed by atoms with Crippen LogP contribution in [0.1, 0.15) is 54.4 Å². The van der Waals surface area contributed by atoms with Gasteiger partial charge in [-0.25, -0.2) is 0 Å². The molecule has 0 bridgehead atoms. The summed E-state index contributed by atoms with van der Waals surface area (Å²) in [6.07, 6.45) is 0.844. The van der Waals surface area contributed by atoms with Crippen molar-refractivity contribution in [2.24, 2.45) is 0 Å². The van der Waals surface area contributed by atoms with Crippen LogP contribution in [-0.4, -0.2) is 66.3 Å². The molecule has 0 aromatic rings. The molecule has 1 unspecified atom stereocenters. The zero-order valence-electron chi connectivity index (χ0n) is 12.9. The number of amides is 1. The Balaban J connectivity index is 0.00000154. The molecule has 5 nitrogen and oxygen atoms in total. The van der Waals surface area contributed by atoms with Gasteiger partial charge in [0.2, 0.25) is 0 Å². The van der Waals surface area contributed by atoms with Gasteiger partial charge in [-0.3, -0.25) is 0 Å². The number of nitrogens with zero attached hydrogens (tertiary/aromatic N) is 1. The summed E-state index contributed by atoms with van der Waals surface area (Å²) in [4.78, 5) is 13.5. The minimum absolute atomic E-state index is 0.0788. The van der Waals surface area contributed by atoms with Gasteiger partial charge in [-0.1, -0.05) is 13.8 Å². The van der Waals surface area contributed by atoms with Gasteiger partial charge in [-0.15, -0.1) is 0 Å². The molecule has 0 aromatic heterocycles. The molecule has 110 valence electrons. The monoisotopic (exact) mass is 465 g/mol. The fourth-order valence-electron chi connectivity index (χ4n) is 2.01. The molecule has 1 N–H and O–H groups in total.